The molecule has 5 aromatic rings. The number of benzene rings is 4. The number of H-pyrrole nitrogens is 1. The van der Waals surface area contributed by atoms with E-state index in [1.165, 1.54) is 4.90 Å². The number of rotatable bonds is 5. The average molecular weight is 550 g/mol. The number of amides is 2. The highest BCUT2D eigenvalue weighted by atomic mass is 35.5. The van der Waals surface area contributed by atoms with Crippen molar-refractivity contribution in [2.45, 2.75) is 0 Å². The van der Waals surface area contributed by atoms with Crippen LogP contribution < -0.4 is 15.0 Å². The molecule has 6 nitrogen and oxygen atoms in total. The van der Waals surface area contributed by atoms with E-state index in [0.29, 0.717) is 27.8 Å². The molecule has 39 heavy (non-hydrogen) atoms. The molecule has 2 amide bonds. The molecule has 1 aliphatic rings. The van der Waals surface area contributed by atoms with Gasteiger partial charge in [0.1, 0.15) is 17.1 Å². The molecule has 0 spiro atoms. The minimum atomic E-state index is -0.558. The molecule has 4 aromatic carbocycles. The van der Waals surface area contributed by atoms with Gasteiger partial charge >= 0.3 is 0 Å². The normalized spacial score (nSPS) is 14.6. The van der Waals surface area contributed by atoms with Crippen LogP contribution in [0.1, 0.15) is 5.56 Å². The number of fused-ring (bicyclic) bond motifs is 1. The van der Waals surface area contributed by atoms with Crippen LogP contribution in [-0.4, -0.2) is 21.9 Å². The highest BCUT2D eigenvalue weighted by Crippen LogP contribution is 2.34. The maximum absolute atomic E-state index is 13.7. The van der Waals surface area contributed by atoms with E-state index in [4.69, 9.17) is 28.6 Å². The number of para-hydroxylation sites is 2. The van der Waals surface area contributed by atoms with Crippen LogP contribution in [0, 0.1) is 0 Å². The molecule has 190 valence electrons. The number of nitrogens with one attached hydrogen (secondary N) is 2. The second-order valence-corrected chi connectivity index (χ2v) is 9.66. The van der Waals surface area contributed by atoms with Crippen molar-refractivity contribution in [3.8, 4) is 22.8 Å². The van der Waals surface area contributed by atoms with E-state index in [1.807, 2.05) is 66.7 Å². The average Bonchev–Trinajstić information content (AvgIpc) is 3.31. The summed E-state index contributed by atoms with van der Waals surface area (Å²) in [6.45, 7) is 0. The van der Waals surface area contributed by atoms with Crippen molar-refractivity contribution in [3.63, 3.8) is 0 Å². The molecule has 0 bridgehead atoms. The second-order valence-electron chi connectivity index (χ2n) is 8.83. The number of hydrogen-bond donors (Lipinski definition) is 2. The molecule has 0 radical (unpaired) electrons. The SMILES string of the molecule is O=C1NC(=S)N(c2ccc(Oc3ccccc3)cc2)C(=O)/C1=C/c1c(-c2ccc(Cl)cc2)[nH]c2ccccc12. The number of carbonyl (C=O) groups is 2. The summed E-state index contributed by atoms with van der Waals surface area (Å²) in [7, 11) is 0. The van der Waals surface area contributed by atoms with E-state index in [-0.39, 0.29) is 10.7 Å². The number of ether oxygens (including phenoxy) is 1. The fourth-order valence-electron chi connectivity index (χ4n) is 4.48. The molecule has 6 rings (SSSR count). The van der Waals surface area contributed by atoms with Gasteiger partial charge in [-0.3, -0.25) is 19.8 Å². The first-order valence-electron chi connectivity index (χ1n) is 12.1. The number of anilines is 1. The molecule has 0 unspecified atom stereocenters. The van der Waals surface area contributed by atoms with Crippen LogP contribution in [0.15, 0.2) is 109 Å². The Balaban J connectivity index is 1.38. The van der Waals surface area contributed by atoms with E-state index < -0.39 is 11.8 Å². The second kappa shape index (κ2) is 10.2. The Bertz CT molecular complexity index is 1760. The zero-order valence-corrected chi connectivity index (χ0v) is 21.9. The molecule has 2 N–H and O–H groups in total. The number of aromatic nitrogens is 1. The van der Waals surface area contributed by atoms with Gasteiger partial charge in [-0.2, -0.15) is 0 Å². The lowest BCUT2D eigenvalue weighted by molar-refractivity contribution is -0.122. The van der Waals surface area contributed by atoms with E-state index in [1.54, 1.807) is 42.5 Å². The Hall–Kier alpha value is -4.72. The third kappa shape index (κ3) is 4.81. The van der Waals surface area contributed by atoms with Crippen molar-refractivity contribution in [2.75, 3.05) is 4.90 Å². The van der Waals surface area contributed by atoms with Gasteiger partial charge in [0.15, 0.2) is 5.11 Å². The fourth-order valence-corrected chi connectivity index (χ4v) is 4.89. The van der Waals surface area contributed by atoms with Crippen LogP contribution in [0.4, 0.5) is 5.69 Å². The van der Waals surface area contributed by atoms with Gasteiger partial charge in [0.2, 0.25) is 0 Å². The van der Waals surface area contributed by atoms with Gasteiger partial charge in [-0.15, -0.1) is 0 Å². The summed E-state index contributed by atoms with van der Waals surface area (Å²) in [6.07, 6.45) is 1.61. The molecule has 1 fully saturated rings. The lowest BCUT2D eigenvalue weighted by atomic mass is 10.0. The van der Waals surface area contributed by atoms with Gasteiger partial charge in [-0.1, -0.05) is 60.1 Å². The molecule has 1 saturated heterocycles. The zero-order chi connectivity index (χ0) is 26.9. The number of carbonyl (C=O) groups excluding carboxylic acids is 2. The summed E-state index contributed by atoms with van der Waals surface area (Å²) in [5, 5.41) is 4.16. The maximum atomic E-state index is 13.7. The van der Waals surface area contributed by atoms with Crippen LogP contribution in [0.25, 0.3) is 28.2 Å². The van der Waals surface area contributed by atoms with Gasteiger partial charge in [-0.05, 0) is 78.5 Å². The molecule has 2 heterocycles. The molecule has 0 atom stereocenters. The number of thiocarbonyl (C=S) groups is 1. The van der Waals surface area contributed by atoms with Gasteiger partial charge in [-0.25, -0.2) is 0 Å². The van der Waals surface area contributed by atoms with Crippen LogP contribution in [0.3, 0.4) is 0 Å². The molecule has 0 saturated carbocycles. The van der Waals surface area contributed by atoms with Gasteiger partial charge in [0, 0.05) is 21.5 Å². The van der Waals surface area contributed by atoms with Crippen molar-refractivity contribution in [2.24, 2.45) is 0 Å². The molecule has 8 heteroatoms. The lowest BCUT2D eigenvalue weighted by Crippen LogP contribution is -2.54. The van der Waals surface area contributed by atoms with E-state index in [2.05, 4.69) is 10.3 Å². The first-order valence-corrected chi connectivity index (χ1v) is 12.9. The maximum Gasteiger partial charge on any atom is 0.270 e. The van der Waals surface area contributed by atoms with Gasteiger partial charge in [0.25, 0.3) is 11.8 Å². The Morgan fingerprint density at radius 1 is 0.795 bits per heavy atom. The van der Waals surface area contributed by atoms with Crippen molar-refractivity contribution in [3.05, 3.63) is 119 Å². The fraction of sp³-hybridized carbons (Fsp3) is 0. The lowest BCUT2D eigenvalue weighted by Gasteiger charge is -2.29. The summed E-state index contributed by atoms with van der Waals surface area (Å²) in [5.74, 6) is 0.222. The van der Waals surface area contributed by atoms with Crippen molar-refractivity contribution in [1.82, 2.24) is 10.3 Å². The first kappa shape index (κ1) is 24.6. The minimum Gasteiger partial charge on any atom is -0.457 e. The summed E-state index contributed by atoms with van der Waals surface area (Å²) < 4.78 is 5.86. The van der Waals surface area contributed by atoms with E-state index in [9.17, 15) is 9.59 Å². The Labute approximate surface area is 234 Å². The largest absolute Gasteiger partial charge is 0.457 e. The highest BCUT2D eigenvalue weighted by molar-refractivity contribution is 7.80. The topological polar surface area (TPSA) is 74.4 Å². The molecular weight excluding hydrogens is 530 g/mol. The van der Waals surface area contributed by atoms with Gasteiger partial charge in [0.05, 0.1) is 11.4 Å². The minimum absolute atomic E-state index is 0.00993. The third-order valence-electron chi connectivity index (χ3n) is 6.34. The Morgan fingerprint density at radius 2 is 1.46 bits per heavy atom. The van der Waals surface area contributed by atoms with Crippen LogP contribution in [-0.2, 0) is 9.59 Å². The molecule has 1 aliphatic heterocycles. The van der Waals surface area contributed by atoms with Crippen LogP contribution in [0.5, 0.6) is 11.5 Å². The van der Waals surface area contributed by atoms with E-state index >= 15 is 0 Å². The van der Waals surface area contributed by atoms with Crippen LogP contribution >= 0.6 is 23.8 Å². The molecular formula is C31H20ClN3O3S. The van der Waals surface area contributed by atoms with Gasteiger partial charge < -0.3 is 9.72 Å². The summed E-state index contributed by atoms with van der Waals surface area (Å²) in [5.41, 5.74) is 3.70. The molecule has 1 aromatic heterocycles. The van der Waals surface area contributed by atoms with Crippen LogP contribution in [0.2, 0.25) is 5.02 Å². The smallest absolute Gasteiger partial charge is 0.270 e. The molecule has 0 aliphatic carbocycles. The number of halogens is 1. The Kier molecular flexibility index (Phi) is 6.44. The van der Waals surface area contributed by atoms with Crippen molar-refractivity contribution < 1.29 is 14.3 Å². The summed E-state index contributed by atoms with van der Waals surface area (Å²) >= 11 is 11.5. The summed E-state index contributed by atoms with van der Waals surface area (Å²) in [6, 6.07) is 31.4. The standard InChI is InChI=1S/C31H20ClN3O3S/c32-20-12-10-19(11-13-20)28-25(24-8-4-5-9-27(24)33-28)18-26-29(36)34-31(39)35(30(26)37)21-14-16-23(17-15-21)38-22-6-2-1-3-7-22/h1-18,33H,(H,34,36,39)/b26-18+. The monoisotopic (exact) mass is 549 g/mol. The number of nitrogens with zero attached hydrogens (tertiary/aromatic N) is 1. The zero-order valence-electron chi connectivity index (χ0n) is 20.4. The number of aromatic amines is 1. The highest BCUT2D eigenvalue weighted by Gasteiger charge is 2.35. The Morgan fingerprint density at radius 3 is 2.21 bits per heavy atom. The van der Waals surface area contributed by atoms with Crippen molar-refractivity contribution >= 4 is 63.4 Å². The summed E-state index contributed by atoms with van der Waals surface area (Å²) in [4.78, 5) is 31.5. The third-order valence-corrected chi connectivity index (χ3v) is 6.88. The first-order chi connectivity index (χ1) is 19.0. The predicted octanol–water partition coefficient (Wildman–Crippen LogP) is 7.11. The van der Waals surface area contributed by atoms with E-state index in [0.717, 1.165) is 22.2 Å². The number of hydrogen-bond acceptors (Lipinski definition) is 4. The quantitative estimate of drug-likeness (QED) is 0.139. The predicted molar refractivity (Wildman–Crippen MR) is 158 cm³/mol. The van der Waals surface area contributed by atoms with Crippen molar-refractivity contribution in [1.29, 1.82) is 0 Å².